The van der Waals surface area contributed by atoms with Gasteiger partial charge in [0.15, 0.2) is 11.6 Å². The van der Waals surface area contributed by atoms with Crippen molar-refractivity contribution in [2.24, 2.45) is 11.7 Å². The number of hydrogen-bond donors (Lipinski definition) is 1. The van der Waals surface area contributed by atoms with Crippen molar-refractivity contribution in [2.75, 3.05) is 0 Å². The summed E-state index contributed by atoms with van der Waals surface area (Å²) >= 11 is 0. The molecular weight excluding hydrogens is 256 g/mol. The average Bonchev–Trinajstić information content (AvgIpc) is 2.36. The van der Waals surface area contributed by atoms with Crippen LogP contribution in [0.3, 0.4) is 0 Å². The first kappa shape index (κ1) is 15.4. The van der Waals surface area contributed by atoms with E-state index in [1.54, 1.807) is 19.1 Å². The molecule has 2 N–H and O–H groups in total. The molecule has 1 atom stereocenters. The van der Waals surface area contributed by atoms with E-state index in [1.165, 1.54) is 6.42 Å². The molecule has 0 saturated heterocycles. The lowest BCUT2D eigenvalue weighted by Crippen LogP contribution is -2.25. The molecule has 0 bridgehead atoms. The third kappa shape index (κ3) is 3.01. The Morgan fingerprint density at radius 1 is 1.11 bits per heavy atom. The van der Waals surface area contributed by atoms with Crippen molar-refractivity contribution in [1.82, 2.24) is 0 Å². The maximum atomic E-state index is 13.8. The second-order valence-corrected chi connectivity index (χ2v) is 5.02. The van der Waals surface area contributed by atoms with Crippen LogP contribution in [0, 0.1) is 24.5 Å². The first-order chi connectivity index (χ1) is 8.11. The molecule has 102 valence electrons. The van der Waals surface area contributed by atoms with E-state index in [4.69, 9.17) is 5.73 Å². The molecule has 1 aromatic rings. The number of benzene rings is 1. The van der Waals surface area contributed by atoms with Crippen molar-refractivity contribution in [1.29, 1.82) is 0 Å². The second kappa shape index (κ2) is 6.48. The molecule has 1 aromatic carbocycles. The third-order valence-corrected chi connectivity index (χ3v) is 3.82. The van der Waals surface area contributed by atoms with Gasteiger partial charge < -0.3 is 5.73 Å². The minimum Gasteiger partial charge on any atom is -0.324 e. The summed E-state index contributed by atoms with van der Waals surface area (Å²) in [5.74, 6) is -1.22. The van der Waals surface area contributed by atoms with E-state index in [-0.39, 0.29) is 18.4 Å². The van der Waals surface area contributed by atoms with Crippen molar-refractivity contribution >= 4 is 12.4 Å². The van der Waals surface area contributed by atoms with Crippen molar-refractivity contribution < 1.29 is 8.78 Å². The van der Waals surface area contributed by atoms with E-state index >= 15 is 0 Å². The SMILES string of the molecule is Cc1ccc([C@H](N)C2CCCCC2)c(F)c1F.Cl. The predicted octanol–water partition coefficient (Wildman–Crippen LogP) is 4.28. The lowest BCUT2D eigenvalue weighted by atomic mass is 9.81. The topological polar surface area (TPSA) is 26.0 Å². The summed E-state index contributed by atoms with van der Waals surface area (Å²) in [4.78, 5) is 0. The van der Waals surface area contributed by atoms with E-state index < -0.39 is 11.6 Å². The highest BCUT2D eigenvalue weighted by molar-refractivity contribution is 5.85. The molecular formula is C14H20ClF2N. The van der Waals surface area contributed by atoms with Gasteiger partial charge in [0.2, 0.25) is 0 Å². The zero-order chi connectivity index (χ0) is 12.4. The van der Waals surface area contributed by atoms with Crippen LogP contribution in [-0.4, -0.2) is 0 Å². The Hall–Kier alpha value is -0.670. The molecule has 4 heteroatoms. The van der Waals surface area contributed by atoms with Gasteiger partial charge in [0.05, 0.1) is 0 Å². The summed E-state index contributed by atoms with van der Waals surface area (Å²) in [7, 11) is 0. The molecule has 0 amide bonds. The average molecular weight is 276 g/mol. The Morgan fingerprint density at radius 3 is 2.33 bits per heavy atom. The van der Waals surface area contributed by atoms with Gasteiger partial charge >= 0.3 is 0 Å². The van der Waals surface area contributed by atoms with Gasteiger partial charge in [-0.25, -0.2) is 8.78 Å². The van der Waals surface area contributed by atoms with E-state index in [2.05, 4.69) is 0 Å². The first-order valence-corrected chi connectivity index (χ1v) is 6.31. The maximum absolute atomic E-state index is 13.8. The molecule has 1 nitrogen and oxygen atoms in total. The minimum atomic E-state index is -0.761. The summed E-state index contributed by atoms with van der Waals surface area (Å²) in [6, 6.07) is 2.87. The molecule has 0 heterocycles. The quantitative estimate of drug-likeness (QED) is 0.857. The highest BCUT2D eigenvalue weighted by atomic mass is 35.5. The number of aryl methyl sites for hydroxylation is 1. The fourth-order valence-electron chi connectivity index (χ4n) is 2.67. The van der Waals surface area contributed by atoms with Gasteiger partial charge in [0.1, 0.15) is 0 Å². The standard InChI is InChI=1S/C14H19F2N.ClH/c1-9-7-8-11(13(16)12(9)15)14(17)10-5-3-2-4-6-10;/h7-8,10,14H,2-6,17H2,1H3;1H/t14-;/m1./s1. The maximum Gasteiger partial charge on any atom is 0.163 e. The Balaban J connectivity index is 0.00000162. The highest BCUT2D eigenvalue weighted by Gasteiger charge is 2.25. The van der Waals surface area contributed by atoms with E-state index in [1.807, 2.05) is 0 Å². The third-order valence-electron chi connectivity index (χ3n) is 3.82. The zero-order valence-corrected chi connectivity index (χ0v) is 11.4. The lowest BCUT2D eigenvalue weighted by Gasteiger charge is -2.28. The molecule has 2 rings (SSSR count). The second-order valence-electron chi connectivity index (χ2n) is 5.02. The van der Waals surface area contributed by atoms with Gasteiger partial charge in [0, 0.05) is 11.6 Å². The molecule has 1 aliphatic rings. The summed E-state index contributed by atoms with van der Waals surface area (Å²) in [5.41, 5.74) is 6.75. The van der Waals surface area contributed by atoms with Gasteiger partial charge in [0.25, 0.3) is 0 Å². The highest BCUT2D eigenvalue weighted by Crippen LogP contribution is 2.34. The summed E-state index contributed by atoms with van der Waals surface area (Å²) in [6.45, 7) is 1.56. The Labute approximate surface area is 113 Å². The van der Waals surface area contributed by atoms with Gasteiger partial charge in [-0.2, -0.15) is 0 Å². The normalized spacial score (nSPS) is 18.2. The van der Waals surface area contributed by atoms with E-state index in [0.29, 0.717) is 17.0 Å². The summed E-state index contributed by atoms with van der Waals surface area (Å²) in [6.07, 6.45) is 5.57. The Kier molecular flexibility index (Phi) is 5.54. The van der Waals surface area contributed by atoms with Gasteiger partial charge in [-0.05, 0) is 31.2 Å². The van der Waals surface area contributed by atoms with E-state index in [0.717, 1.165) is 25.7 Å². The number of halogens is 3. The van der Waals surface area contributed by atoms with Gasteiger partial charge in [-0.1, -0.05) is 31.4 Å². The molecule has 18 heavy (non-hydrogen) atoms. The van der Waals surface area contributed by atoms with Crippen LogP contribution in [0.4, 0.5) is 8.78 Å². The monoisotopic (exact) mass is 275 g/mol. The van der Waals surface area contributed by atoms with Gasteiger partial charge in [-0.3, -0.25) is 0 Å². The van der Waals surface area contributed by atoms with Crippen molar-refractivity contribution in [3.05, 3.63) is 34.9 Å². The van der Waals surface area contributed by atoms with Crippen LogP contribution in [0.2, 0.25) is 0 Å². The molecule has 1 fully saturated rings. The van der Waals surface area contributed by atoms with Crippen LogP contribution < -0.4 is 5.73 Å². The number of hydrogen-bond acceptors (Lipinski definition) is 1. The molecule has 1 aliphatic carbocycles. The van der Waals surface area contributed by atoms with Gasteiger partial charge in [-0.15, -0.1) is 12.4 Å². The zero-order valence-electron chi connectivity index (χ0n) is 10.6. The molecule has 0 radical (unpaired) electrons. The molecule has 0 aliphatic heterocycles. The van der Waals surface area contributed by atoms with Crippen molar-refractivity contribution in [3.8, 4) is 0 Å². The van der Waals surface area contributed by atoms with Crippen molar-refractivity contribution in [3.63, 3.8) is 0 Å². The fraction of sp³-hybridized carbons (Fsp3) is 0.571. The lowest BCUT2D eigenvalue weighted by molar-refractivity contribution is 0.301. The van der Waals surface area contributed by atoms with Crippen LogP contribution in [0.15, 0.2) is 12.1 Å². The van der Waals surface area contributed by atoms with Crippen LogP contribution in [0.25, 0.3) is 0 Å². The van der Waals surface area contributed by atoms with Crippen LogP contribution in [0.1, 0.15) is 49.3 Å². The summed E-state index contributed by atoms with van der Waals surface area (Å²) in [5, 5.41) is 0. The fourth-order valence-corrected chi connectivity index (χ4v) is 2.67. The summed E-state index contributed by atoms with van der Waals surface area (Å²) < 4.78 is 27.3. The molecule has 1 saturated carbocycles. The first-order valence-electron chi connectivity index (χ1n) is 6.31. The van der Waals surface area contributed by atoms with Crippen LogP contribution in [0.5, 0.6) is 0 Å². The number of rotatable bonds is 2. The molecule has 0 unspecified atom stereocenters. The van der Waals surface area contributed by atoms with Crippen molar-refractivity contribution in [2.45, 2.75) is 45.1 Å². The Morgan fingerprint density at radius 2 is 1.72 bits per heavy atom. The van der Waals surface area contributed by atoms with Crippen LogP contribution >= 0.6 is 12.4 Å². The smallest absolute Gasteiger partial charge is 0.163 e. The molecule has 0 spiro atoms. The minimum absolute atomic E-state index is 0. The number of nitrogens with two attached hydrogens (primary N) is 1. The van der Waals surface area contributed by atoms with Crippen LogP contribution in [-0.2, 0) is 0 Å². The largest absolute Gasteiger partial charge is 0.324 e. The predicted molar refractivity (Wildman–Crippen MR) is 71.8 cm³/mol. The Bertz CT molecular complexity index is 403. The molecule has 0 aromatic heterocycles. The van der Waals surface area contributed by atoms with E-state index in [9.17, 15) is 8.78 Å².